The van der Waals surface area contributed by atoms with Gasteiger partial charge in [-0.2, -0.15) is 0 Å². The Hall–Kier alpha value is -1.35. The summed E-state index contributed by atoms with van der Waals surface area (Å²) in [5, 5.41) is 9.42. The fraction of sp³-hybridized carbons (Fsp3) is 0.300. The molecule has 2 aromatic rings. The highest BCUT2D eigenvalue weighted by Gasteiger charge is 2.08. The Kier molecular flexibility index (Phi) is 1.81. The summed E-state index contributed by atoms with van der Waals surface area (Å²) in [7, 11) is 0. The number of nitrogens with zero attached hydrogens (tertiary/aromatic N) is 2. The van der Waals surface area contributed by atoms with Gasteiger partial charge < -0.3 is 9.51 Å². The van der Waals surface area contributed by atoms with Gasteiger partial charge in [-0.3, -0.25) is 0 Å². The Bertz CT molecular complexity index is 431. The van der Waals surface area contributed by atoms with Crippen molar-refractivity contribution in [1.29, 1.82) is 0 Å². The molecule has 1 N–H and O–H groups in total. The second-order valence-electron chi connectivity index (χ2n) is 3.24. The largest absolute Gasteiger partial charge is 0.385 e. The minimum atomic E-state index is -0.524. The van der Waals surface area contributed by atoms with Crippen molar-refractivity contribution in [3.8, 4) is 0 Å². The topological polar surface area (TPSA) is 37.5 Å². The maximum atomic E-state index is 9.42. The molecule has 0 aromatic carbocycles. The molecular formula is C10H12N2O. The van der Waals surface area contributed by atoms with Gasteiger partial charge in [-0.25, -0.2) is 4.98 Å². The van der Waals surface area contributed by atoms with E-state index in [1.165, 1.54) is 5.56 Å². The highest BCUT2D eigenvalue weighted by Crippen LogP contribution is 2.15. The molecule has 0 amide bonds. The highest BCUT2D eigenvalue weighted by atomic mass is 16.3. The number of aliphatic hydroxyl groups excluding tert-OH is 1. The number of aryl methyl sites for hydroxylation is 1. The summed E-state index contributed by atoms with van der Waals surface area (Å²) in [6.07, 6.45) is 3.18. The summed E-state index contributed by atoms with van der Waals surface area (Å²) in [6, 6.07) is 3.98. The Labute approximate surface area is 76.7 Å². The van der Waals surface area contributed by atoms with Crippen LogP contribution in [0.15, 0.2) is 24.5 Å². The van der Waals surface area contributed by atoms with E-state index in [-0.39, 0.29) is 0 Å². The zero-order valence-electron chi connectivity index (χ0n) is 7.73. The van der Waals surface area contributed by atoms with E-state index in [9.17, 15) is 5.11 Å². The van der Waals surface area contributed by atoms with Crippen molar-refractivity contribution >= 4 is 5.52 Å². The minimum absolute atomic E-state index is 0.524. The van der Waals surface area contributed by atoms with Crippen LogP contribution in [0.3, 0.4) is 0 Å². The summed E-state index contributed by atoms with van der Waals surface area (Å²) in [6.45, 7) is 3.75. The standard InChI is InChI=1S/C10H12N2O/c1-7-4-3-5-12-9(7)6-11-10(12)8(2)13/h3-6,8,13H,1-2H3. The molecule has 0 saturated heterocycles. The average Bonchev–Trinajstić information content (AvgIpc) is 2.48. The van der Waals surface area contributed by atoms with Crippen molar-refractivity contribution < 1.29 is 5.11 Å². The van der Waals surface area contributed by atoms with Gasteiger partial charge in [-0.05, 0) is 25.5 Å². The molecule has 0 aliphatic carbocycles. The number of aromatic nitrogens is 2. The maximum Gasteiger partial charge on any atom is 0.141 e. The third kappa shape index (κ3) is 1.21. The molecule has 0 bridgehead atoms. The fourth-order valence-corrected chi connectivity index (χ4v) is 1.49. The Morgan fingerprint density at radius 1 is 1.54 bits per heavy atom. The molecule has 0 spiro atoms. The minimum Gasteiger partial charge on any atom is -0.385 e. The van der Waals surface area contributed by atoms with E-state index in [4.69, 9.17) is 0 Å². The Morgan fingerprint density at radius 3 is 3.00 bits per heavy atom. The highest BCUT2D eigenvalue weighted by molar-refractivity contribution is 5.53. The van der Waals surface area contributed by atoms with Crippen molar-refractivity contribution in [2.75, 3.05) is 0 Å². The third-order valence-electron chi connectivity index (χ3n) is 2.18. The normalized spacial score (nSPS) is 13.5. The molecule has 1 unspecified atom stereocenters. The zero-order valence-corrected chi connectivity index (χ0v) is 7.73. The number of fused-ring (bicyclic) bond motifs is 1. The van der Waals surface area contributed by atoms with E-state index < -0.39 is 6.10 Å². The number of imidazole rings is 1. The van der Waals surface area contributed by atoms with Gasteiger partial charge in [-0.15, -0.1) is 0 Å². The van der Waals surface area contributed by atoms with Gasteiger partial charge in [0, 0.05) is 6.20 Å². The Balaban J connectivity index is 2.75. The molecule has 3 heteroatoms. The molecule has 13 heavy (non-hydrogen) atoms. The van der Waals surface area contributed by atoms with Crippen molar-refractivity contribution in [2.45, 2.75) is 20.0 Å². The van der Waals surface area contributed by atoms with Gasteiger partial charge >= 0.3 is 0 Å². The quantitative estimate of drug-likeness (QED) is 0.718. The number of pyridine rings is 1. The molecule has 2 heterocycles. The van der Waals surface area contributed by atoms with Gasteiger partial charge in [0.25, 0.3) is 0 Å². The first-order valence-electron chi connectivity index (χ1n) is 4.31. The average molecular weight is 176 g/mol. The van der Waals surface area contributed by atoms with Gasteiger partial charge in [0.1, 0.15) is 11.9 Å². The second kappa shape index (κ2) is 2.85. The van der Waals surface area contributed by atoms with Crippen LogP contribution in [0, 0.1) is 6.92 Å². The van der Waals surface area contributed by atoms with Crippen LogP contribution >= 0.6 is 0 Å². The summed E-state index contributed by atoms with van der Waals surface area (Å²) in [4.78, 5) is 4.17. The first kappa shape index (κ1) is 8.26. The third-order valence-corrected chi connectivity index (χ3v) is 2.18. The zero-order chi connectivity index (χ0) is 9.42. The van der Waals surface area contributed by atoms with Crippen LogP contribution in [0.2, 0.25) is 0 Å². The van der Waals surface area contributed by atoms with Crippen molar-refractivity contribution in [1.82, 2.24) is 9.38 Å². The van der Waals surface area contributed by atoms with Crippen LogP contribution in [0.25, 0.3) is 5.52 Å². The fourth-order valence-electron chi connectivity index (χ4n) is 1.49. The van der Waals surface area contributed by atoms with E-state index in [0.29, 0.717) is 5.82 Å². The van der Waals surface area contributed by atoms with Crippen LogP contribution < -0.4 is 0 Å². The van der Waals surface area contributed by atoms with Crippen LogP contribution in [-0.2, 0) is 0 Å². The molecular weight excluding hydrogens is 164 g/mol. The summed E-state index contributed by atoms with van der Waals surface area (Å²) in [5.41, 5.74) is 2.22. The molecule has 2 aromatic heterocycles. The number of aliphatic hydroxyl groups is 1. The number of rotatable bonds is 1. The molecule has 2 rings (SSSR count). The molecule has 3 nitrogen and oxygen atoms in total. The van der Waals surface area contributed by atoms with E-state index in [1.807, 2.05) is 29.7 Å². The summed E-state index contributed by atoms with van der Waals surface area (Å²) in [5.74, 6) is 0.693. The van der Waals surface area contributed by atoms with Crippen LogP contribution in [0.5, 0.6) is 0 Å². The summed E-state index contributed by atoms with van der Waals surface area (Å²) < 4.78 is 1.92. The van der Waals surface area contributed by atoms with E-state index in [0.717, 1.165) is 5.52 Å². The smallest absolute Gasteiger partial charge is 0.141 e. The monoisotopic (exact) mass is 176 g/mol. The van der Waals surface area contributed by atoms with E-state index in [2.05, 4.69) is 4.98 Å². The SMILES string of the molecule is Cc1cccn2c(C(C)O)ncc12. The molecule has 0 saturated carbocycles. The molecule has 0 aliphatic heterocycles. The van der Waals surface area contributed by atoms with Crippen LogP contribution in [0.4, 0.5) is 0 Å². The first-order chi connectivity index (χ1) is 6.20. The lowest BCUT2D eigenvalue weighted by molar-refractivity contribution is 0.188. The van der Waals surface area contributed by atoms with Gasteiger partial charge in [0.05, 0.1) is 11.7 Å². The lowest BCUT2D eigenvalue weighted by Gasteiger charge is -2.03. The number of hydrogen-bond donors (Lipinski definition) is 1. The van der Waals surface area contributed by atoms with Gasteiger partial charge in [-0.1, -0.05) is 6.07 Å². The molecule has 1 atom stereocenters. The van der Waals surface area contributed by atoms with E-state index >= 15 is 0 Å². The molecule has 0 aliphatic rings. The maximum absolute atomic E-state index is 9.42. The number of hydrogen-bond acceptors (Lipinski definition) is 2. The molecule has 0 fully saturated rings. The van der Waals surface area contributed by atoms with Gasteiger partial charge in [0.2, 0.25) is 0 Å². The summed E-state index contributed by atoms with van der Waals surface area (Å²) >= 11 is 0. The van der Waals surface area contributed by atoms with E-state index in [1.54, 1.807) is 13.1 Å². The van der Waals surface area contributed by atoms with Gasteiger partial charge in [0.15, 0.2) is 0 Å². The first-order valence-corrected chi connectivity index (χ1v) is 4.31. The second-order valence-corrected chi connectivity index (χ2v) is 3.24. The predicted molar refractivity (Wildman–Crippen MR) is 50.6 cm³/mol. The lowest BCUT2D eigenvalue weighted by Crippen LogP contribution is -1.99. The van der Waals surface area contributed by atoms with Crippen molar-refractivity contribution in [3.05, 3.63) is 35.9 Å². The Morgan fingerprint density at radius 2 is 2.31 bits per heavy atom. The lowest BCUT2D eigenvalue weighted by atomic mass is 10.2. The van der Waals surface area contributed by atoms with Crippen molar-refractivity contribution in [3.63, 3.8) is 0 Å². The molecule has 68 valence electrons. The van der Waals surface area contributed by atoms with Crippen LogP contribution in [-0.4, -0.2) is 14.5 Å². The molecule has 0 radical (unpaired) electrons. The van der Waals surface area contributed by atoms with Crippen LogP contribution in [0.1, 0.15) is 24.4 Å². The predicted octanol–water partition coefficient (Wildman–Crippen LogP) is 1.70. The van der Waals surface area contributed by atoms with Crippen molar-refractivity contribution in [2.24, 2.45) is 0 Å².